The third-order valence-corrected chi connectivity index (χ3v) is 8.42. The van der Waals surface area contributed by atoms with Crippen LogP contribution in [0, 0.1) is 0 Å². The molecule has 0 fully saturated rings. The number of amides is 5. The summed E-state index contributed by atoms with van der Waals surface area (Å²) in [5.74, 6) is -5.53. The molecule has 23 heteroatoms. The van der Waals surface area contributed by atoms with Gasteiger partial charge in [-0.3, -0.25) is 34.0 Å². The Bertz CT molecular complexity index is 1260. The van der Waals surface area contributed by atoms with Crippen LogP contribution in [0.3, 0.4) is 0 Å². The maximum absolute atomic E-state index is 13.9. The predicted molar refractivity (Wildman–Crippen MR) is 211 cm³/mol. The Kier molecular flexibility index (Phi) is 27.8. The molecule has 0 rings (SSSR count). The van der Waals surface area contributed by atoms with Crippen molar-refractivity contribution in [2.24, 2.45) is 55.9 Å². The van der Waals surface area contributed by atoms with Gasteiger partial charge in [-0.25, -0.2) is 4.79 Å². The highest BCUT2D eigenvalue weighted by Crippen LogP contribution is 2.09. The van der Waals surface area contributed by atoms with E-state index >= 15 is 0 Å². The van der Waals surface area contributed by atoms with Crippen LogP contribution in [0.1, 0.15) is 83.5 Å². The maximum Gasteiger partial charge on any atom is 0.328 e. The zero-order chi connectivity index (χ0) is 42.5. The van der Waals surface area contributed by atoms with Crippen molar-refractivity contribution in [1.29, 1.82) is 0 Å². The molecule has 322 valence electrons. The summed E-state index contributed by atoms with van der Waals surface area (Å²) in [6.07, 6.45) is 4.15. The molecule has 0 radical (unpaired) electrons. The van der Waals surface area contributed by atoms with Gasteiger partial charge >= 0.3 is 5.97 Å². The van der Waals surface area contributed by atoms with E-state index in [1.54, 1.807) is 0 Å². The molecule has 0 spiro atoms. The zero-order valence-electron chi connectivity index (χ0n) is 32.3. The Labute approximate surface area is 327 Å². The molecule has 0 aromatic heterocycles. The van der Waals surface area contributed by atoms with Crippen molar-refractivity contribution in [3.8, 4) is 0 Å². The van der Waals surface area contributed by atoms with Crippen molar-refractivity contribution >= 4 is 47.4 Å². The van der Waals surface area contributed by atoms with Gasteiger partial charge in [0.05, 0.1) is 12.6 Å². The summed E-state index contributed by atoms with van der Waals surface area (Å²) in [6, 6.07) is -7.42. The largest absolute Gasteiger partial charge is 0.480 e. The normalized spacial score (nSPS) is 14.1. The Hall–Kier alpha value is -4.84. The molecule has 0 saturated heterocycles. The number of aliphatic hydroxyl groups excluding tert-OH is 1. The first-order valence-electron chi connectivity index (χ1n) is 18.9. The van der Waals surface area contributed by atoms with Gasteiger partial charge < -0.3 is 82.7 Å². The van der Waals surface area contributed by atoms with Crippen LogP contribution in [-0.4, -0.2) is 133 Å². The van der Waals surface area contributed by atoms with Crippen LogP contribution >= 0.6 is 0 Å². The van der Waals surface area contributed by atoms with Crippen LogP contribution < -0.4 is 72.5 Å². The van der Waals surface area contributed by atoms with Gasteiger partial charge in [0, 0.05) is 13.1 Å². The minimum atomic E-state index is -1.65. The van der Waals surface area contributed by atoms with E-state index in [1.807, 2.05) is 0 Å². The summed E-state index contributed by atoms with van der Waals surface area (Å²) in [5, 5.41) is 31.5. The van der Waals surface area contributed by atoms with Crippen LogP contribution in [0.25, 0.3) is 0 Å². The number of carbonyl (C=O) groups is 6. The lowest BCUT2D eigenvalue weighted by atomic mass is 10.0. The molecule has 0 aromatic rings. The molecule has 23 nitrogen and oxygen atoms in total. The number of guanidine groups is 2. The topological polar surface area (TPSA) is 436 Å². The van der Waals surface area contributed by atoms with Gasteiger partial charge in [-0.1, -0.05) is 6.42 Å². The van der Waals surface area contributed by atoms with E-state index in [0.717, 1.165) is 0 Å². The van der Waals surface area contributed by atoms with E-state index in [9.17, 15) is 39.0 Å². The summed E-state index contributed by atoms with van der Waals surface area (Å²) in [5.41, 5.74) is 44.6. The molecule has 23 N–H and O–H groups in total. The van der Waals surface area contributed by atoms with E-state index in [1.165, 1.54) is 0 Å². The van der Waals surface area contributed by atoms with Gasteiger partial charge in [0.15, 0.2) is 11.9 Å². The van der Waals surface area contributed by atoms with Crippen molar-refractivity contribution in [2.75, 3.05) is 39.3 Å². The average molecular weight is 802 g/mol. The molecule has 0 aromatic carbocycles. The first-order chi connectivity index (χ1) is 26.6. The fraction of sp³-hybridized carbons (Fsp3) is 0.758. The third-order valence-electron chi connectivity index (χ3n) is 8.42. The zero-order valence-corrected chi connectivity index (χ0v) is 32.3. The number of unbranched alkanes of at least 4 members (excludes halogenated alkanes) is 3. The molecular weight excluding hydrogens is 734 g/mol. The Morgan fingerprint density at radius 3 is 1.07 bits per heavy atom. The lowest BCUT2D eigenvalue weighted by Crippen LogP contribution is -2.59. The average Bonchev–Trinajstić information content (AvgIpc) is 3.14. The second-order valence-corrected chi connectivity index (χ2v) is 13.2. The fourth-order valence-corrected chi connectivity index (χ4v) is 5.26. The number of carboxylic acid groups (broad SMARTS) is 1. The van der Waals surface area contributed by atoms with Crippen molar-refractivity contribution < 1.29 is 39.0 Å². The minimum absolute atomic E-state index is 0.0413. The lowest BCUT2D eigenvalue weighted by molar-refractivity contribution is -0.143. The van der Waals surface area contributed by atoms with Crippen LogP contribution in [0.2, 0.25) is 0 Å². The monoisotopic (exact) mass is 802 g/mol. The Balaban J connectivity index is 6.35. The first-order valence-corrected chi connectivity index (χ1v) is 18.9. The van der Waals surface area contributed by atoms with Gasteiger partial charge in [0.1, 0.15) is 30.2 Å². The molecule has 0 bridgehead atoms. The predicted octanol–water partition coefficient (Wildman–Crippen LogP) is -5.69. The van der Waals surface area contributed by atoms with E-state index < -0.39 is 78.4 Å². The number of hydrogen-bond acceptors (Lipinski definition) is 13. The van der Waals surface area contributed by atoms with E-state index in [0.29, 0.717) is 71.0 Å². The molecule has 0 aliphatic heterocycles. The van der Waals surface area contributed by atoms with Crippen molar-refractivity contribution in [2.45, 2.75) is 120 Å². The van der Waals surface area contributed by atoms with Crippen molar-refractivity contribution in [1.82, 2.24) is 26.6 Å². The SMILES string of the molecule is NCCCC[C@H](NC(=O)[C@H](CCCCN)NC(=O)[C@H](CCCN=C(N)N)NC(=O)[C@@H](N)CCCCN)C(=O)N[C@@H](CCCN=C(N)N)C(=O)N[C@@H](CO)C(=O)O. The second-order valence-electron chi connectivity index (χ2n) is 13.2. The standard InChI is InChI=1S/C33H67N15O8/c34-14-4-1-9-20(37)26(50)44-23(12-7-17-42-32(38)39)29(53)46-21(10-2-5-15-35)27(51)45-22(11-3-6-16-36)28(52)47-24(13-8-18-43-33(40)41)30(54)48-25(19-49)31(55)56/h20-25,49H,1-19,34-37H2,(H,44,50)(H,45,51)(H,46,53)(H,47,52)(H,48,54)(H,55,56)(H4,38,39,42)(H4,40,41,43)/t20-,21-,22-,23-,24-,25-/m0/s1. The molecule has 0 unspecified atom stereocenters. The fourth-order valence-electron chi connectivity index (χ4n) is 5.26. The summed E-state index contributed by atoms with van der Waals surface area (Å²) in [7, 11) is 0. The van der Waals surface area contributed by atoms with E-state index in [4.69, 9.17) is 45.9 Å². The number of nitrogens with two attached hydrogens (primary N) is 8. The summed E-state index contributed by atoms with van der Waals surface area (Å²) >= 11 is 0. The number of aliphatic carboxylic acids is 1. The van der Waals surface area contributed by atoms with Crippen molar-refractivity contribution in [3.05, 3.63) is 0 Å². The highest BCUT2D eigenvalue weighted by molar-refractivity contribution is 5.96. The molecule has 5 amide bonds. The number of carboxylic acids is 1. The summed E-state index contributed by atoms with van der Waals surface area (Å²) < 4.78 is 0. The molecule has 0 aliphatic carbocycles. The van der Waals surface area contributed by atoms with E-state index in [2.05, 4.69) is 36.6 Å². The molecule has 6 atom stereocenters. The summed E-state index contributed by atoms with van der Waals surface area (Å²) in [4.78, 5) is 86.7. The second kappa shape index (κ2) is 30.4. The van der Waals surface area contributed by atoms with Gasteiger partial charge in [-0.2, -0.15) is 0 Å². The lowest BCUT2D eigenvalue weighted by Gasteiger charge is -2.27. The van der Waals surface area contributed by atoms with Gasteiger partial charge in [0.2, 0.25) is 29.5 Å². The van der Waals surface area contributed by atoms with Crippen LogP contribution in [-0.2, 0) is 28.8 Å². The molecular formula is C33H67N15O8. The number of aliphatic hydroxyl groups is 1. The quantitative estimate of drug-likeness (QED) is 0.0171. The van der Waals surface area contributed by atoms with Gasteiger partial charge in [-0.15, -0.1) is 0 Å². The maximum atomic E-state index is 13.9. The highest BCUT2D eigenvalue weighted by Gasteiger charge is 2.32. The number of aliphatic imine (C=N–C) groups is 2. The molecule has 0 saturated carbocycles. The molecule has 0 aliphatic rings. The Morgan fingerprint density at radius 1 is 0.464 bits per heavy atom. The number of hydrogen-bond donors (Lipinski definition) is 15. The third kappa shape index (κ3) is 23.2. The molecule has 56 heavy (non-hydrogen) atoms. The van der Waals surface area contributed by atoms with Crippen molar-refractivity contribution in [3.63, 3.8) is 0 Å². The minimum Gasteiger partial charge on any atom is -0.480 e. The van der Waals surface area contributed by atoms with Crippen LogP contribution in [0.4, 0.5) is 0 Å². The smallest absolute Gasteiger partial charge is 0.328 e. The molecule has 0 heterocycles. The highest BCUT2D eigenvalue weighted by atomic mass is 16.4. The van der Waals surface area contributed by atoms with Gasteiger partial charge in [0.25, 0.3) is 0 Å². The number of carbonyl (C=O) groups excluding carboxylic acids is 5. The Morgan fingerprint density at radius 2 is 0.768 bits per heavy atom. The number of nitrogens with zero attached hydrogens (tertiary/aromatic N) is 2. The summed E-state index contributed by atoms with van der Waals surface area (Å²) in [6.45, 7) is 0.370. The first kappa shape index (κ1) is 51.2. The van der Waals surface area contributed by atoms with Gasteiger partial charge in [-0.05, 0) is 96.7 Å². The number of nitrogens with one attached hydrogen (secondary N) is 5. The van der Waals surface area contributed by atoms with Crippen LogP contribution in [0.15, 0.2) is 9.98 Å². The van der Waals surface area contributed by atoms with E-state index in [-0.39, 0.29) is 57.1 Å². The van der Waals surface area contributed by atoms with Crippen LogP contribution in [0.5, 0.6) is 0 Å². The number of rotatable bonds is 32.